The summed E-state index contributed by atoms with van der Waals surface area (Å²) in [6.07, 6.45) is 4.34. The van der Waals surface area contributed by atoms with Crippen molar-refractivity contribution in [1.82, 2.24) is 10.3 Å². The average molecular weight is 300 g/mol. The standard InChI is InChI=1S/C9H11BrN2.2ClH/c10-7-3-4-9(12-6-7)8-2-1-5-11-8;;/h3-4,6,8,11H,1-2,5H2;2*1H. The van der Waals surface area contributed by atoms with E-state index in [0.29, 0.717) is 6.04 Å². The number of rotatable bonds is 1. The van der Waals surface area contributed by atoms with Crippen molar-refractivity contribution in [2.45, 2.75) is 18.9 Å². The first-order chi connectivity index (χ1) is 5.86. The monoisotopic (exact) mass is 298 g/mol. The van der Waals surface area contributed by atoms with Crippen LogP contribution in [0.1, 0.15) is 24.6 Å². The first-order valence-corrected chi connectivity index (χ1v) is 5.00. The van der Waals surface area contributed by atoms with E-state index in [1.165, 1.54) is 12.8 Å². The fraction of sp³-hybridized carbons (Fsp3) is 0.444. The van der Waals surface area contributed by atoms with Gasteiger partial charge in [-0.25, -0.2) is 0 Å². The van der Waals surface area contributed by atoms with Crippen molar-refractivity contribution in [3.63, 3.8) is 0 Å². The highest BCUT2D eigenvalue weighted by atomic mass is 79.9. The van der Waals surface area contributed by atoms with Crippen LogP contribution in [0.3, 0.4) is 0 Å². The molecule has 1 aromatic rings. The summed E-state index contributed by atoms with van der Waals surface area (Å²) in [5.74, 6) is 0. The van der Waals surface area contributed by atoms with Crippen molar-refractivity contribution in [1.29, 1.82) is 0 Å². The summed E-state index contributed by atoms with van der Waals surface area (Å²) >= 11 is 3.37. The van der Waals surface area contributed by atoms with Crippen LogP contribution in [0.5, 0.6) is 0 Å². The molecule has 2 heterocycles. The Balaban J connectivity index is 0.000000845. The lowest BCUT2D eigenvalue weighted by atomic mass is 10.1. The van der Waals surface area contributed by atoms with Crippen LogP contribution in [0.15, 0.2) is 22.8 Å². The van der Waals surface area contributed by atoms with E-state index in [2.05, 4.69) is 32.3 Å². The molecule has 0 spiro atoms. The third-order valence-electron chi connectivity index (χ3n) is 2.17. The summed E-state index contributed by atoms with van der Waals surface area (Å²) in [5, 5.41) is 3.41. The normalized spacial score (nSPS) is 19.6. The van der Waals surface area contributed by atoms with E-state index in [0.717, 1.165) is 16.7 Å². The van der Waals surface area contributed by atoms with Gasteiger partial charge in [0.2, 0.25) is 0 Å². The van der Waals surface area contributed by atoms with Crippen molar-refractivity contribution in [3.8, 4) is 0 Å². The predicted octanol–water partition coefficient (Wildman–Crippen LogP) is 3.11. The molecule has 0 aliphatic carbocycles. The molecule has 2 rings (SSSR count). The maximum absolute atomic E-state index is 4.35. The molecular formula is C9H13BrCl2N2. The van der Waals surface area contributed by atoms with Crippen molar-refractivity contribution >= 4 is 40.7 Å². The molecule has 1 atom stereocenters. The molecule has 1 saturated heterocycles. The van der Waals surface area contributed by atoms with E-state index >= 15 is 0 Å². The largest absolute Gasteiger partial charge is 0.309 e. The molecule has 1 unspecified atom stereocenters. The molecule has 0 radical (unpaired) electrons. The van der Waals surface area contributed by atoms with Crippen molar-refractivity contribution in [3.05, 3.63) is 28.5 Å². The zero-order chi connectivity index (χ0) is 8.39. The van der Waals surface area contributed by atoms with E-state index in [-0.39, 0.29) is 24.8 Å². The third kappa shape index (κ3) is 3.39. The lowest BCUT2D eigenvalue weighted by Gasteiger charge is -2.08. The van der Waals surface area contributed by atoms with Crippen molar-refractivity contribution in [2.24, 2.45) is 0 Å². The number of pyridine rings is 1. The highest BCUT2D eigenvalue weighted by molar-refractivity contribution is 9.10. The maximum Gasteiger partial charge on any atom is 0.0574 e. The van der Waals surface area contributed by atoms with Crippen LogP contribution in [0.4, 0.5) is 0 Å². The summed E-state index contributed by atoms with van der Waals surface area (Å²) in [6.45, 7) is 1.13. The van der Waals surface area contributed by atoms with Gasteiger partial charge in [-0.05, 0) is 47.4 Å². The quantitative estimate of drug-likeness (QED) is 0.862. The smallest absolute Gasteiger partial charge is 0.0574 e. The van der Waals surface area contributed by atoms with E-state index < -0.39 is 0 Å². The molecule has 0 aromatic carbocycles. The van der Waals surface area contributed by atoms with E-state index in [9.17, 15) is 0 Å². The van der Waals surface area contributed by atoms with E-state index in [4.69, 9.17) is 0 Å². The maximum atomic E-state index is 4.35. The number of hydrogen-bond acceptors (Lipinski definition) is 2. The summed E-state index contributed by atoms with van der Waals surface area (Å²) in [4.78, 5) is 4.35. The fourth-order valence-corrected chi connectivity index (χ4v) is 1.76. The summed E-state index contributed by atoms with van der Waals surface area (Å²) < 4.78 is 1.05. The Morgan fingerprint density at radius 3 is 2.64 bits per heavy atom. The van der Waals surface area contributed by atoms with Gasteiger partial charge in [0.1, 0.15) is 0 Å². The molecule has 1 aromatic heterocycles. The number of nitrogens with one attached hydrogen (secondary N) is 1. The molecule has 0 bridgehead atoms. The van der Waals surface area contributed by atoms with Crippen LogP contribution in [-0.4, -0.2) is 11.5 Å². The van der Waals surface area contributed by atoms with Gasteiger partial charge in [-0.3, -0.25) is 4.98 Å². The van der Waals surface area contributed by atoms with E-state index in [1.807, 2.05) is 12.3 Å². The highest BCUT2D eigenvalue weighted by Gasteiger charge is 2.16. The Kier molecular flexibility index (Phi) is 6.70. The zero-order valence-electron chi connectivity index (χ0n) is 7.57. The fourth-order valence-electron chi connectivity index (χ4n) is 1.53. The Morgan fingerprint density at radius 1 is 1.36 bits per heavy atom. The van der Waals surface area contributed by atoms with Gasteiger partial charge in [-0.2, -0.15) is 0 Å². The molecule has 1 aliphatic heterocycles. The van der Waals surface area contributed by atoms with Crippen LogP contribution in [0, 0.1) is 0 Å². The zero-order valence-corrected chi connectivity index (χ0v) is 10.8. The second-order valence-electron chi connectivity index (χ2n) is 3.05. The van der Waals surface area contributed by atoms with Gasteiger partial charge in [-0.15, -0.1) is 24.8 Å². The van der Waals surface area contributed by atoms with E-state index in [1.54, 1.807) is 0 Å². The second-order valence-corrected chi connectivity index (χ2v) is 3.97. The summed E-state index contributed by atoms with van der Waals surface area (Å²) in [5.41, 5.74) is 1.16. The van der Waals surface area contributed by atoms with Gasteiger partial charge in [0.15, 0.2) is 0 Å². The molecule has 1 aliphatic rings. The molecule has 1 fully saturated rings. The molecule has 0 amide bonds. The first-order valence-electron chi connectivity index (χ1n) is 4.21. The van der Waals surface area contributed by atoms with Gasteiger partial charge >= 0.3 is 0 Å². The molecular weight excluding hydrogens is 287 g/mol. The lowest BCUT2D eigenvalue weighted by Crippen LogP contribution is -2.13. The Morgan fingerprint density at radius 2 is 2.14 bits per heavy atom. The molecule has 80 valence electrons. The molecule has 0 saturated carbocycles. The van der Waals surface area contributed by atoms with Crippen LogP contribution in [0.25, 0.3) is 0 Å². The predicted molar refractivity (Wildman–Crippen MR) is 66.4 cm³/mol. The SMILES string of the molecule is Brc1ccc(C2CCCN2)nc1.Cl.Cl. The van der Waals surface area contributed by atoms with Crippen LogP contribution in [-0.2, 0) is 0 Å². The topological polar surface area (TPSA) is 24.9 Å². The average Bonchev–Trinajstić information content (AvgIpc) is 2.58. The number of halogens is 3. The number of hydrogen-bond donors (Lipinski definition) is 1. The first kappa shape index (κ1) is 14.2. The number of nitrogens with zero attached hydrogens (tertiary/aromatic N) is 1. The highest BCUT2D eigenvalue weighted by Crippen LogP contribution is 2.21. The third-order valence-corrected chi connectivity index (χ3v) is 2.64. The minimum atomic E-state index is 0. The lowest BCUT2D eigenvalue weighted by molar-refractivity contribution is 0.627. The van der Waals surface area contributed by atoms with Crippen molar-refractivity contribution in [2.75, 3.05) is 6.54 Å². The van der Waals surface area contributed by atoms with Crippen LogP contribution in [0.2, 0.25) is 0 Å². The molecule has 14 heavy (non-hydrogen) atoms. The van der Waals surface area contributed by atoms with Crippen molar-refractivity contribution < 1.29 is 0 Å². The molecule has 2 nitrogen and oxygen atoms in total. The van der Waals surface area contributed by atoms with Gasteiger partial charge in [0.25, 0.3) is 0 Å². The van der Waals surface area contributed by atoms with Crippen LogP contribution >= 0.6 is 40.7 Å². The Bertz CT molecular complexity index is 260. The molecule has 5 heteroatoms. The Hall–Kier alpha value is 0.170. The van der Waals surface area contributed by atoms with Gasteiger partial charge in [0.05, 0.1) is 5.69 Å². The molecule has 1 N–H and O–H groups in total. The minimum absolute atomic E-state index is 0. The summed E-state index contributed by atoms with van der Waals surface area (Å²) in [7, 11) is 0. The van der Waals surface area contributed by atoms with Gasteiger partial charge in [-0.1, -0.05) is 0 Å². The summed E-state index contributed by atoms with van der Waals surface area (Å²) in [6, 6.07) is 4.60. The van der Waals surface area contributed by atoms with Gasteiger partial charge in [0, 0.05) is 16.7 Å². The second kappa shape index (κ2) is 6.62. The van der Waals surface area contributed by atoms with Gasteiger partial charge < -0.3 is 5.32 Å². The Labute approximate surface area is 105 Å². The minimum Gasteiger partial charge on any atom is -0.309 e. The van der Waals surface area contributed by atoms with Crippen LogP contribution < -0.4 is 5.32 Å². The number of aromatic nitrogens is 1.